The first-order chi connectivity index (χ1) is 6.17. The fraction of sp³-hybridized carbons (Fsp3) is 1.00. The molecule has 78 valence electrons. The van der Waals surface area contributed by atoms with Crippen LogP contribution >= 0.6 is 0 Å². The number of sulfonamides is 1. The van der Waals surface area contributed by atoms with Gasteiger partial charge in [-0.1, -0.05) is 4.47 Å². The highest BCUT2D eigenvalue weighted by atomic mass is 32.2. The van der Waals surface area contributed by atoms with E-state index in [4.69, 9.17) is 9.57 Å². The van der Waals surface area contributed by atoms with Crippen molar-refractivity contribution in [2.24, 2.45) is 0 Å². The van der Waals surface area contributed by atoms with Crippen LogP contribution in [0.3, 0.4) is 0 Å². The summed E-state index contributed by atoms with van der Waals surface area (Å²) in [6.07, 6.45) is 0.772. The molecule has 0 unspecified atom stereocenters. The normalized spacial score (nSPS) is 19.5. The Morgan fingerprint density at radius 1 is 1.54 bits per heavy atom. The van der Waals surface area contributed by atoms with Crippen LogP contribution in [-0.4, -0.2) is 45.0 Å². The molecule has 0 aromatic heterocycles. The lowest BCUT2D eigenvalue weighted by atomic mass is 10.5. The topological polar surface area (TPSA) is 55.8 Å². The van der Waals surface area contributed by atoms with Crippen LogP contribution in [-0.2, 0) is 19.6 Å². The molecule has 0 saturated carbocycles. The molecule has 0 atom stereocenters. The van der Waals surface area contributed by atoms with E-state index < -0.39 is 10.0 Å². The van der Waals surface area contributed by atoms with Crippen molar-refractivity contribution in [3.05, 3.63) is 0 Å². The minimum atomic E-state index is -3.25. The molecule has 1 aliphatic heterocycles. The Balaban J connectivity index is 2.36. The van der Waals surface area contributed by atoms with E-state index in [1.165, 1.54) is 0 Å². The smallest absolute Gasteiger partial charge is 0.238 e. The van der Waals surface area contributed by atoms with E-state index in [1.54, 1.807) is 0 Å². The Labute approximate surface area is 78.6 Å². The number of hydrogen-bond acceptors (Lipinski definition) is 4. The lowest BCUT2D eigenvalue weighted by Gasteiger charge is -2.13. The molecule has 0 aromatic carbocycles. The summed E-state index contributed by atoms with van der Waals surface area (Å²) in [5, 5.41) is 0. The quantitative estimate of drug-likeness (QED) is 0.598. The van der Waals surface area contributed by atoms with Crippen LogP contribution in [0.5, 0.6) is 0 Å². The Hall–Kier alpha value is -0.170. The molecule has 0 amide bonds. The van der Waals surface area contributed by atoms with Crippen molar-refractivity contribution in [1.29, 1.82) is 0 Å². The zero-order valence-electron chi connectivity index (χ0n) is 7.73. The molecule has 0 N–H and O–H groups in total. The summed E-state index contributed by atoms with van der Waals surface area (Å²) in [6, 6.07) is 0. The van der Waals surface area contributed by atoms with Gasteiger partial charge in [-0.3, -0.25) is 4.84 Å². The number of ether oxygens (including phenoxy) is 1. The van der Waals surface area contributed by atoms with Gasteiger partial charge in [-0.15, -0.1) is 0 Å². The number of hydrogen-bond donors (Lipinski definition) is 0. The number of rotatable bonds is 5. The molecule has 0 spiro atoms. The van der Waals surface area contributed by atoms with Crippen molar-refractivity contribution in [1.82, 2.24) is 4.47 Å². The fourth-order valence-electron chi connectivity index (χ4n) is 1.05. The maximum absolute atomic E-state index is 11.4. The van der Waals surface area contributed by atoms with Gasteiger partial charge in [0.25, 0.3) is 0 Å². The van der Waals surface area contributed by atoms with Crippen molar-refractivity contribution < 1.29 is 18.0 Å². The predicted octanol–water partition coefficient (Wildman–Crippen LogP) is -0.0100. The molecule has 13 heavy (non-hydrogen) atoms. The molecule has 1 heterocycles. The molecule has 0 aliphatic carbocycles. The summed E-state index contributed by atoms with van der Waals surface area (Å²) in [5.74, 6) is 0.000833. The number of nitrogens with zero attached hydrogens (tertiary/aromatic N) is 1. The Morgan fingerprint density at radius 3 is 2.85 bits per heavy atom. The molecule has 0 bridgehead atoms. The van der Waals surface area contributed by atoms with Crippen LogP contribution < -0.4 is 0 Å². The van der Waals surface area contributed by atoms with Crippen LogP contribution in [0, 0.1) is 0 Å². The van der Waals surface area contributed by atoms with Gasteiger partial charge in [-0.05, 0) is 13.3 Å². The third-order valence-corrected chi connectivity index (χ3v) is 3.31. The van der Waals surface area contributed by atoms with E-state index in [1.807, 2.05) is 6.92 Å². The largest absolute Gasteiger partial charge is 0.381 e. The monoisotopic (exact) mass is 209 g/mol. The minimum absolute atomic E-state index is 0.000833. The summed E-state index contributed by atoms with van der Waals surface area (Å²) < 4.78 is 28.9. The highest BCUT2D eigenvalue weighted by molar-refractivity contribution is 7.88. The van der Waals surface area contributed by atoms with Gasteiger partial charge in [0.2, 0.25) is 10.0 Å². The van der Waals surface area contributed by atoms with Gasteiger partial charge in [0.05, 0.1) is 19.0 Å². The summed E-state index contributed by atoms with van der Waals surface area (Å²) in [6.45, 7) is 3.57. The van der Waals surface area contributed by atoms with E-state index in [0.717, 1.165) is 10.9 Å². The summed E-state index contributed by atoms with van der Waals surface area (Å²) >= 11 is 0. The molecule has 1 aliphatic rings. The van der Waals surface area contributed by atoms with Gasteiger partial charge in [0, 0.05) is 13.2 Å². The summed E-state index contributed by atoms with van der Waals surface area (Å²) in [7, 11) is -3.25. The van der Waals surface area contributed by atoms with Crippen LogP contribution in [0.2, 0.25) is 0 Å². The van der Waals surface area contributed by atoms with Gasteiger partial charge in [-0.2, -0.15) is 0 Å². The maximum atomic E-state index is 11.4. The van der Waals surface area contributed by atoms with E-state index >= 15 is 0 Å². The minimum Gasteiger partial charge on any atom is -0.381 e. The molecular formula is C7H15NO4S. The van der Waals surface area contributed by atoms with Crippen molar-refractivity contribution in [2.75, 3.05) is 32.1 Å². The molecule has 1 rings (SSSR count). The van der Waals surface area contributed by atoms with Crippen LogP contribution in [0.25, 0.3) is 0 Å². The first kappa shape index (κ1) is 10.9. The Kier molecular flexibility index (Phi) is 4.11. The molecule has 0 radical (unpaired) electrons. The lowest BCUT2D eigenvalue weighted by Crippen LogP contribution is -2.30. The highest BCUT2D eigenvalue weighted by Gasteiger charge is 2.26. The van der Waals surface area contributed by atoms with Crippen molar-refractivity contribution in [3.8, 4) is 0 Å². The Bertz CT molecular complexity index is 233. The molecule has 5 nitrogen and oxygen atoms in total. The Morgan fingerprint density at radius 2 is 2.31 bits per heavy atom. The van der Waals surface area contributed by atoms with Gasteiger partial charge in [-0.25, -0.2) is 8.42 Å². The zero-order valence-corrected chi connectivity index (χ0v) is 8.55. The van der Waals surface area contributed by atoms with E-state index in [2.05, 4.69) is 0 Å². The van der Waals surface area contributed by atoms with Crippen LogP contribution in [0.4, 0.5) is 0 Å². The van der Waals surface area contributed by atoms with Crippen molar-refractivity contribution in [3.63, 3.8) is 0 Å². The van der Waals surface area contributed by atoms with Gasteiger partial charge < -0.3 is 4.74 Å². The molecule has 1 fully saturated rings. The average molecular weight is 209 g/mol. The van der Waals surface area contributed by atoms with E-state index in [-0.39, 0.29) is 12.4 Å². The van der Waals surface area contributed by atoms with Gasteiger partial charge in [0.1, 0.15) is 0 Å². The third-order valence-electron chi connectivity index (χ3n) is 1.72. The standard InChI is InChI=1S/C7H15NO4S/c1-2-11-6-7-13(9,10)8-4-3-5-12-8/h2-7H2,1H3. The van der Waals surface area contributed by atoms with Crippen molar-refractivity contribution in [2.45, 2.75) is 13.3 Å². The third kappa shape index (κ3) is 3.22. The van der Waals surface area contributed by atoms with Crippen molar-refractivity contribution >= 4 is 10.0 Å². The lowest BCUT2D eigenvalue weighted by molar-refractivity contribution is -0.0289. The van der Waals surface area contributed by atoms with E-state index in [9.17, 15) is 8.42 Å². The summed E-state index contributed by atoms with van der Waals surface area (Å²) in [5.41, 5.74) is 0. The molecule has 0 aromatic rings. The second kappa shape index (κ2) is 4.90. The second-order valence-corrected chi connectivity index (χ2v) is 4.71. The van der Waals surface area contributed by atoms with Gasteiger partial charge in [0.15, 0.2) is 0 Å². The SMILES string of the molecule is CCOCCS(=O)(=O)N1CCCO1. The summed E-state index contributed by atoms with van der Waals surface area (Å²) in [4.78, 5) is 4.94. The second-order valence-electron chi connectivity index (χ2n) is 2.73. The highest BCUT2D eigenvalue weighted by Crippen LogP contribution is 2.10. The van der Waals surface area contributed by atoms with Crippen LogP contribution in [0.15, 0.2) is 0 Å². The zero-order chi connectivity index (χ0) is 9.73. The average Bonchev–Trinajstić information content (AvgIpc) is 2.56. The molecule has 1 saturated heterocycles. The van der Waals surface area contributed by atoms with E-state index in [0.29, 0.717) is 19.8 Å². The predicted molar refractivity (Wildman–Crippen MR) is 47.6 cm³/mol. The van der Waals surface area contributed by atoms with Crippen LogP contribution in [0.1, 0.15) is 13.3 Å². The molecular weight excluding hydrogens is 194 g/mol. The molecule has 6 heteroatoms. The first-order valence-electron chi connectivity index (χ1n) is 4.38. The first-order valence-corrected chi connectivity index (χ1v) is 5.99. The fourth-order valence-corrected chi connectivity index (χ4v) is 2.23. The van der Waals surface area contributed by atoms with Gasteiger partial charge >= 0.3 is 0 Å². The maximum Gasteiger partial charge on any atom is 0.238 e. The number of hydroxylamine groups is 1.